The third kappa shape index (κ3) is 2.54. The largest absolute Gasteiger partial charge is 0.295 e. The molecule has 7 nitrogen and oxygen atoms in total. The minimum atomic E-state index is -0.190. The summed E-state index contributed by atoms with van der Waals surface area (Å²) >= 11 is 1.57. The van der Waals surface area contributed by atoms with E-state index >= 15 is 0 Å². The Bertz CT molecular complexity index is 1430. The van der Waals surface area contributed by atoms with Crippen molar-refractivity contribution >= 4 is 50.8 Å². The van der Waals surface area contributed by atoms with Gasteiger partial charge in [-0.1, -0.05) is 24.3 Å². The fourth-order valence-electron chi connectivity index (χ4n) is 3.11. The molecule has 0 spiro atoms. The number of rotatable bonds is 4. The molecule has 5 aromatic rings. The Morgan fingerprint density at radius 1 is 1.11 bits per heavy atom. The average Bonchev–Trinajstić information content (AvgIpc) is 3.33. The lowest BCUT2D eigenvalue weighted by Crippen LogP contribution is -2.19. The summed E-state index contributed by atoms with van der Waals surface area (Å²) in [4.78, 5) is 27.9. The third-order valence-electron chi connectivity index (χ3n) is 4.38. The SMILES string of the molecule is C=CCn1cnc2c(c1=O)c1nc3ccccc3nc1n2/N=C/c1cccs1. The highest BCUT2D eigenvalue weighted by Gasteiger charge is 2.19. The smallest absolute Gasteiger partial charge is 0.265 e. The number of nitrogens with zero attached hydrogens (tertiary/aromatic N) is 6. The highest BCUT2D eigenvalue weighted by Crippen LogP contribution is 2.24. The quantitative estimate of drug-likeness (QED) is 0.350. The van der Waals surface area contributed by atoms with Crippen molar-refractivity contribution in [2.24, 2.45) is 5.10 Å². The predicted octanol–water partition coefficient (Wildman–Crippen LogP) is 3.42. The van der Waals surface area contributed by atoms with Crippen molar-refractivity contribution in [1.82, 2.24) is 24.2 Å². The van der Waals surface area contributed by atoms with Crippen LogP contribution in [0.3, 0.4) is 0 Å². The van der Waals surface area contributed by atoms with Crippen LogP contribution in [0.25, 0.3) is 33.2 Å². The van der Waals surface area contributed by atoms with Crippen molar-refractivity contribution < 1.29 is 0 Å². The monoisotopic (exact) mass is 386 g/mol. The lowest BCUT2D eigenvalue weighted by atomic mass is 10.3. The molecule has 28 heavy (non-hydrogen) atoms. The fourth-order valence-corrected chi connectivity index (χ4v) is 3.69. The molecular weight excluding hydrogens is 372 g/mol. The molecule has 0 saturated carbocycles. The first-order valence-corrected chi connectivity index (χ1v) is 9.49. The summed E-state index contributed by atoms with van der Waals surface area (Å²) in [5.41, 5.74) is 2.69. The topological polar surface area (TPSA) is 78.0 Å². The molecule has 0 unspecified atom stereocenters. The van der Waals surface area contributed by atoms with Crippen molar-refractivity contribution in [1.29, 1.82) is 0 Å². The lowest BCUT2D eigenvalue weighted by Gasteiger charge is -2.01. The van der Waals surface area contributed by atoms with Crippen molar-refractivity contribution in [3.05, 3.63) is 76.0 Å². The summed E-state index contributed by atoms with van der Waals surface area (Å²) in [6, 6.07) is 11.5. The van der Waals surface area contributed by atoms with Gasteiger partial charge in [-0.2, -0.15) is 9.78 Å². The third-order valence-corrected chi connectivity index (χ3v) is 5.18. The molecule has 0 fully saturated rings. The van der Waals surface area contributed by atoms with Crippen LogP contribution in [0.5, 0.6) is 0 Å². The summed E-state index contributed by atoms with van der Waals surface area (Å²) in [6.07, 6.45) is 4.89. The second kappa shape index (κ2) is 6.50. The minimum Gasteiger partial charge on any atom is -0.295 e. The summed E-state index contributed by atoms with van der Waals surface area (Å²) in [6.45, 7) is 4.07. The Morgan fingerprint density at radius 2 is 1.93 bits per heavy atom. The zero-order chi connectivity index (χ0) is 19.1. The summed E-state index contributed by atoms with van der Waals surface area (Å²) in [7, 11) is 0. The molecule has 0 aliphatic carbocycles. The number of hydrogen-bond donors (Lipinski definition) is 0. The van der Waals surface area contributed by atoms with Crippen LogP contribution in [0.4, 0.5) is 0 Å². The van der Waals surface area contributed by atoms with Crippen molar-refractivity contribution in [3.8, 4) is 0 Å². The number of para-hydroxylation sites is 2. The van der Waals surface area contributed by atoms with Crippen LogP contribution in [0.15, 0.2) is 70.7 Å². The molecule has 0 atom stereocenters. The molecule has 4 heterocycles. The van der Waals surface area contributed by atoms with Crippen LogP contribution in [0.1, 0.15) is 4.88 Å². The van der Waals surface area contributed by atoms with E-state index in [1.165, 1.54) is 10.9 Å². The Hall–Kier alpha value is -3.65. The molecule has 0 bridgehead atoms. The van der Waals surface area contributed by atoms with E-state index in [0.29, 0.717) is 28.7 Å². The van der Waals surface area contributed by atoms with Crippen LogP contribution in [-0.4, -0.2) is 30.4 Å². The molecule has 1 aromatic carbocycles. The number of allylic oxidation sites excluding steroid dienone is 1. The molecule has 0 saturated heterocycles. The van der Waals surface area contributed by atoms with Crippen LogP contribution in [0, 0.1) is 0 Å². The summed E-state index contributed by atoms with van der Waals surface area (Å²) in [5, 5.41) is 6.94. The van der Waals surface area contributed by atoms with Gasteiger partial charge < -0.3 is 0 Å². The maximum atomic E-state index is 13.1. The molecule has 0 aliphatic rings. The minimum absolute atomic E-state index is 0.190. The van der Waals surface area contributed by atoms with Gasteiger partial charge >= 0.3 is 0 Å². The van der Waals surface area contributed by atoms with E-state index in [2.05, 4.69) is 16.7 Å². The molecule has 0 radical (unpaired) electrons. The van der Waals surface area contributed by atoms with Gasteiger partial charge in [-0.05, 0) is 23.6 Å². The first-order valence-electron chi connectivity index (χ1n) is 8.61. The van der Waals surface area contributed by atoms with Gasteiger partial charge in [0.05, 0.1) is 17.2 Å². The van der Waals surface area contributed by atoms with Gasteiger partial charge in [0, 0.05) is 11.4 Å². The zero-order valence-corrected chi connectivity index (χ0v) is 15.5. The Labute approximate surface area is 162 Å². The highest BCUT2D eigenvalue weighted by atomic mass is 32.1. The number of aromatic nitrogens is 5. The van der Waals surface area contributed by atoms with E-state index in [-0.39, 0.29) is 5.56 Å². The predicted molar refractivity (Wildman–Crippen MR) is 112 cm³/mol. The number of benzene rings is 1. The van der Waals surface area contributed by atoms with Gasteiger partial charge in [0.25, 0.3) is 5.56 Å². The van der Waals surface area contributed by atoms with E-state index in [4.69, 9.17) is 9.97 Å². The van der Waals surface area contributed by atoms with Gasteiger partial charge in [0.15, 0.2) is 11.3 Å². The van der Waals surface area contributed by atoms with Crippen LogP contribution < -0.4 is 5.56 Å². The van der Waals surface area contributed by atoms with E-state index < -0.39 is 0 Å². The van der Waals surface area contributed by atoms with Crippen molar-refractivity contribution in [2.45, 2.75) is 6.54 Å². The summed E-state index contributed by atoms with van der Waals surface area (Å²) < 4.78 is 3.09. The number of fused-ring (bicyclic) bond motifs is 4. The number of hydrogen-bond acceptors (Lipinski definition) is 6. The maximum absolute atomic E-state index is 13.1. The molecular formula is C20H14N6OS. The van der Waals surface area contributed by atoms with Crippen LogP contribution >= 0.6 is 11.3 Å². The molecule has 0 amide bonds. The highest BCUT2D eigenvalue weighted by molar-refractivity contribution is 7.11. The Balaban J connectivity index is 1.90. The first kappa shape index (κ1) is 16.5. The van der Waals surface area contributed by atoms with E-state index in [0.717, 1.165) is 15.9 Å². The first-order chi connectivity index (χ1) is 13.8. The standard InChI is InChI=1S/C20H14N6OS/c1-2-9-25-12-21-18-16(20(25)27)17-19(24-15-8-4-3-7-14(15)23-17)26(18)22-11-13-6-5-10-28-13/h2-8,10-12H,1,9H2/b22-11+. The molecule has 5 rings (SSSR count). The Morgan fingerprint density at radius 3 is 2.68 bits per heavy atom. The molecule has 0 N–H and O–H groups in total. The van der Waals surface area contributed by atoms with Gasteiger partial charge in [0.2, 0.25) is 0 Å². The molecule has 136 valence electrons. The van der Waals surface area contributed by atoms with E-state index in [1.807, 2.05) is 41.8 Å². The van der Waals surface area contributed by atoms with E-state index in [9.17, 15) is 4.79 Å². The maximum Gasteiger partial charge on any atom is 0.265 e. The van der Waals surface area contributed by atoms with Crippen LogP contribution in [0.2, 0.25) is 0 Å². The van der Waals surface area contributed by atoms with E-state index in [1.54, 1.807) is 28.3 Å². The number of thiophene rings is 1. The van der Waals surface area contributed by atoms with Gasteiger partial charge in [-0.3, -0.25) is 9.36 Å². The van der Waals surface area contributed by atoms with Crippen molar-refractivity contribution in [2.75, 3.05) is 0 Å². The molecule has 0 aliphatic heterocycles. The van der Waals surface area contributed by atoms with Gasteiger partial charge in [-0.25, -0.2) is 15.0 Å². The molecule has 8 heteroatoms. The second-order valence-corrected chi connectivity index (χ2v) is 7.12. The summed E-state index contributed by atoms with van der Waals surface area (Å²) in [5.74, 6) is 0. The van der Waals surface area contributed by atoms with Crippen LogP contribution in [-0.2, 0) is 6.54 Å². The average molecular weight is 386 g/mol. The zero-order valence-electron chi connectivity index (χ0n) is 14.7. The second-order valence-electron chi connectivity index (χ2n) is 6.15. The van der Waals surface area contributed by atoms with Gasteiger partial charge in [-0.15, -0.1) is 17.9 Å². The Kier molecular flexibility index (Phi) is 3.84. The fraction of sp³-hybridized carbons (Fsp3) is 0.0500. The normalized spacial score (nSPS) is 11.9. The van der Waals surface area contributed by atoms with Gasteiger partial charge in [0.1, 0.15) is 17.2 Å². The van der Waals surface area contributed by atoms with Crippen molar-refractivity contribution in [3.63, 3.8) is 0 Å². The lowest BCUT2D eigenvalue weighted by molar-refractivity contribution is 0.763. The molecule has 4 aromatic heterocycles.